The summed E-state index contributed by atoms with van der Waals surface area (Å²) in [6.45, 7) is 2.27. The molecule has 0 saturated heterocycles. The van der Waals surface area contributed by atoms with Crippen molar-refractivity contribution in [2.75, 3.05) is 0 Å². The van der Waals surface area contributed by atoms with E-state index in [9.17, 15) is 0 Å². The van der Waals surface area contributed by atoms with Crippen LogP contribution in [-0.4, -0.2) is 4.98 Å². The maximum absolute atomic E-state index is 3.54. The molecule has 0 spiro atoms. The molecule has 4 aromatic carbocycles. The summed E-state index contributed by atoms with van der Waals surface area (Å²) in [6, 6.07) is 29.0. The maximum atomic E-state index is 3.54. The van der Waals surface area contributed by atoms with Crippen molar-refractivity contribution < 1.29 is 0 Å². The zero-order valence-electron chi connectivity index (χ0n) is 17.0. The van der Waals surface area contributed by atoms with E-state index in [4.69, 9.17) is 0 Å². The minimum atomic E-state index is 1.16. The Hall–Kier alpha value is -3.10. The molecule has 146 valence electrons. The van der Waals surface area contributed by atoms with Crippen molar-refractivity contribution in [2.24, 2.45) is 0 Å². The molecule has 30 heavy (non-hydrogen) atoms. The first-order valence-corrected chi connectivity index (χ1v) is 11.6. The maximum Gasteiger partial charge on any atom is 0.0465 e. The topological polar surface area (TPSA) is 15.8 Å². The Morgan fingerprint density at radius 3 is 2.37 bits per heavy atom. The average Bonchev–Trinajstić information content (AvgIpc) is 3.36. The van der Waals surface area contributed by atoms with Crippen LogP contribution in [0.25, 0.3) is 53.1 Å². The molecule has 0 bridgehead atoms. The number of nitrogens with one attached hydrogen (secondary N) is 1. The lowest BCUT2D eigenvalue weighted by atomic mass is 9.99. The molecule has 6 aromatic rings. The van der Waals surface area contributed by atoms with Crippen LogP contribution in [0.5, 0.6) is 0 Å². The third-order valence-electron chi connectivity index (χ3n) is 6.22. The standard InChI is InChI=1S/C28H23NS/c1-2-3-8-18-9-6-12-22-23-13-7-11-20(28(23)30-27(18)22)19-15-16-26-24(17-19)21-10-4-5-14-25(21)29-26/h4-7,9-17,29H,2-3,8H2,1H3. The number of fused-ring (bicyclic) bond motifs is 6. The molecule has 0 radical (unpaired) electrons. The van der Waals surface area contributed by atoms with Crippen molar-refractivity contribution in [1.29, 1.82) is 0 Å². The molecule has 2 aromatic heterocycles. The smallest absolute Gasteiger partial charge is 0.0465 e. The fraction of sp³-hybridized carbons (Fsp3) is 0.143. The Kier molecular flexibility index (Phi) is 4.14. The zero-order chi connectivity index (χ0) is 20.1. The Bertz CT molecular complexity index is 1530. The molecule has 2 heterocycles. The highest BCUT2D eigenvalue weighted by Gasteiger charge is 2.13. The first-order valence-electron chi connectivity index (χ1n) is 10.8. The van der Waals surface area contributed by atoms with Crippen molar-refractivity contribution in [3.05, 3.63) is 84.4 Å². The van der Waals surface area contributed by atoms with Crippen LogP contribution in [0.15, 0.2) is 78.9 Å². The van der Waals surface area contributed by atoms with Crippen molar-refractivity contribution in [1.82, 2.24) is 4.98 Å². The quantitative estimate of drug-likeness (QED) is 0.302. The van der Waals surface area contributed by atoms with Crippen molar-refractivity contribution in [3.63, 3.8) is 0 Å². The molecule has 2 heteroatoms. The third-order valence-corrected chi connectivity index (χ3v) is 7.55. The Balaban J connectivity index is 1.60. The predicted octanol–water partition coefficient (Wildman–Crippen LogP) is 8.70. The van der Waals surface area contributed by atoms with E-state index in [0.717, 1.165) is 6.42 Å². The van der Waals surface area contributed by atoms with Crippen LogP contribution in [0.4, 0.5) is 0 Å². The van der Waals surface area contributed by atoms with Gasteiger partial charge < -0.3 is 4.98 Å². The molecule has 0 aliphatic carbocycles. The Morgan fingerprint density at radius 2 is 1.47 bits per heavy atom. The first-order chi connectivity index (χ1) is 14.8. The van der Waals surface area contributed by atoms with E-state index in [1.165, 1.54) is 71.5 Å². The number of aryl methyl sites for hydroxylation is 1. The minimum absolute atomic E-state index is 1.16. The Morgan fingerprint density at radius 1 is 0.700 bits per heavy atom. The van der Waals surface area contributed by atoms with Crippen LogP contribution in [-0.2, 0) is 6.42 Å². The lowest BCUT2D eigenvalue weighted by Gasteiger charge is -2.04. The zero-order valence-corrected chi connectivity index (χ0v) is 17.9. The van der Waals surface area contributed by atoms with E-state index < -0.39 is 0 Å². The molecule has 0 unspecified atom stereocenters. The number of hydrogen-bond acceptors (Lipinski definition) is 1. The molecule has 6 rings (SSSR count). The van der Waals surface area contributed by atoms with E-state index in [1.807, 2.05) is 11.3 Å². The third kappa shape index (κ3) is 2.68. The number of unbranched alkanes of at least 4 members (excludes halogenated alkanes) is 1. The van der Waals surface area contributed by atoms with Gasteiger partial charge in [0, 0.05) is 42.0 Å². The van der Waals surface area contributed by atoms with Crippen molar-refractivity contribution in [2.45, 2.75) is 26.2 Å². The Labute approximate surface area is 180 Å². The number of thiophene rings is 1. The summed E-state index contributed by atoms with van der Waals surface area (Å²) in [6.07, 6.45) is 3.64. The van der Waals surface area contributed by atoms with Crippen molar-refractivity contribution in [3.8, 4) is 11.1 Å². The molecule has 1 nitrogen and oxygen atoms in total. The highest BCUT2D eigenvalue weighted by atomic mass is 32.1. The molecule has 0 amide bonds. The fourth-order valence-electron chi connectivity index (χ4n) is 4.69. The second-order valence-corrected chi connectivity index (χ2v) is 9.13. The van der Waals surface area contributed by atoms with Crippen molar-refractivity contribution >= 4 is 53.3 Å². The molecule has 0 atom stereocenters. The predicted molar refractivity (Wildman–Crippen MR) is 133 cm³/mol. The van der Waals surface area contributed by atoms with Crippen LogP contribution in [0.3, 0.4) is 0 Å². The van der Waals surface area contributed by atoms with Crippen LogP contribution < -0.4 is 0 Å². The number of aromatic nitrogens is 1. The number of H-pyrrole nitrogens is 1. The summed E-state index contributed by atoms with van der Waals surface area (Å²) in [7, 11) is 0. The summed E-state index contributed by atoms with van der Waals surface area (Å²) in [5.41, 5.74) is 6.52. The van der Waals surface area contributed by atoms with E-state index in [2.05, 4.69) is 90.8 Å². The second-order valence-electron chi connectivity index (χ2n) is 8.11. The van der Waals surface area contributed by atoms with Gasteiger partial charge in [0.25, 0.3) is 0 Å². The van der Waals surface area contributed by atoms with Crippen LogP contribution in [0.1, 0.15) is 25.3 Å². The molecule has 0 saturated carbocycles. The molecule has 0 fully saturated rings. The summed E-state index contributed by atoms with van der Waals surface area (Å²) in [5, 5.41) is 5.37. The van der Waals surface area contributed by atoms with Crippen LogP contribution in [0, 0.1) is 0 Å². The van der Waals surface area contributed by atoms with Gasteiger partial charge in [-0.25, -0.2) is 0 Å². The van der Waals surface area contributed by atoms with E-state index >= 15 is 0 Å². The van der Waals surface area contributed by atoms with Gasteiger partial charge in [-0.2, -0.15) is 0 Å². The summed E-state index contributed by atoms with van der Waals surface area (Å²) in [4.78, 5) is 3.54. The van der Waals surface area contributed by atoms with Gasteiger partial charge in [-0.05, 0) is 47.7 Å². The van der Waals surface area contributed by atoms with E-state index in [1.54, 1.807) is 0 Å². The van der Waals surface area contributed by atoms with Crippen LogP contribution >= 0.6 is 11.3 Å². The fourth-order valence-corrected chi connectivity index (χ4v) is 6.06. The molecular formula is C28H23NS. The molecule has 1 N–H and O–H groups in total. The SMILES string of the molecule is CCCCc1cccc2c1sc1c(-c3ccc4[nH]c5ccccc5c4c3)cccc12. The van der Waals surface area contributed by atoms with Gasteiger partial charge in [-0.1, -0.05) is 74.0 Å². The van der Waals surface area contributed by atoms with Gasteiger partial charge >= 0.3 is 0 Å². The summed E-state index contributed by atoms with van der Waals surface area (Å²) >= 11 is 1.96. The van der Waals surface area contributed by atoms with Crippen LogP contribution in [0.2, 0.25) is 0 Å². The molecule has 0 aliphatic heterocycles. The number of hydrogen-bond donors (Lipinski definition) is 1. The van der Waals surface area contributed by atoms with E-state index in [-0.39, 0.29) is 0 Å². The normalized spacial score (nSPS) is 11.9. The summed E-state index contributed by atoms with van der Waals surface area (Å²) < 4.78 is 2.86. The second kappa shape index (κ2) is 7.00. The first kappa shape index (κ1) is 17.7. The van der Waals surface area contributed by atoms with Gasteiger partial charge in [0.05, 0.1) is 0 Å². The number of benzene rings is 4. The van der Waals surface area contributed by atoms with Gasteiger partial charge in [-0.15, -0.1) is 11.3 Å². The van der Waals surface area contributed by atoms with Gasteiger partial charge in [0.1, 0.15) is 0 Å². The van der Waals surface area contributed by atoms with Gasteiger partial charge in [0.15, 0.2) is 0 Å². The number of para-hydroxylation sites is 1. The lowest BCUT2D eigenvalue weighted by molar-refractivity contribution is 0.799. The highest BCUT2D eigenvalue weighted by molar-refractivity contribution is 7.26. The van der Waals surface area contributed by atoms with Gasteiger partial charge in [-0.3, -0.25) is 0 Å². The molecule has 0 aliphatic rings. The molecular weight excluding hydrogens is 382 g/mol. The average molecular weight is 406 g/mol. The summed E-state index contributed by atoms with van der Waals surface area (Å²) in [5.74, 6) is 0. The lowest BCUT2D eigenvalue weighted by Crippen LogP contribution is -1.83. The number of rotatable bonds is 4. The highest BCUT2D eigenvalue weighted by Crippen LogP contribution is 2.42. The van der Waals surface area contributed by atoms with Gasteiger partial charge in [0.2, 0.25) is 0 Å². The van der Waals surface area contributed by atoms with E-state index in [0.29, 0.717) is 0 Å². The monoisotopic (exact) mass is 405 g/mol. The number of aromatic amines is 1. The largest absolute Gasteiger partial charge is 0.355 e. The minimum Gasteiger partial charge on any atom is -0.355 e.